The molecular formula is C20H21N5O2. The third kappa shape index (κ3) is 4.80. The molecule has 0 spiro atoms. The van der Waals surface area contributed by atoms with Gasteiger partial charge in [0.25, 0.3) is 5.91 Å². The number of nitrogens with zero attached hydrogens (tertiary/aromatic N) is 4. The SMILES string of the molecule is CN(C)c1ccc(-c2cn(Cc3ccc(/C=C/C(=O)NO)cc3)nn2)cc1. The Bertz CT molecular complexity index is 928. The first-order chi connectivity index (χ1) is 13.0. The van der Waals surface area contributed by atoms with Crippen LogP contribution in [0.1, 0.15) is 11.1 Å². The summed E-state index contributed by atoms with van der Waals surface area (Å²) in [5, 5.41) is 16.9. The average Bonchev–Trinajstić information content (AvgIpc) is 3.15. The maximum atomic E-state index is 11.0. The van der Waals surface area contributed by atoms with E-state index in [9.17, 15) is 4.79 Å². The minimum Gasteiger partial charge on any atom is -0.378 e. The van der Waals surface area contributed by atoms with Gasteiger partial charge < -0.3 is 4.90 Å². The Morgan fingerprint density at radius 2 is 1.85 bits per heavy atom. The lowest BCUT2D eigenvalue weighted by Crippen LogP contribution is -2.14. The van der Waals surface area contributed by atoms with Crippen LogP contribution in [-0.4, -0.2) is 40.2 Å². The maximum absolute atomic E-state index is 11.0. The van der Waals surface area contributed by atoms with Crippen molar-refractivity contribution in [3.8, 4) is 11.3 Å². The number of nitrogens with one attached hydrogen (secondary N) is 1. The summed E-state index contributed by atoms with van der Waals surface area (Å²) in [4.78, 5) is 13.0. The van der Waals surface area contributed by atoms with Crippen molar-refractivity contribution in [2.24, 2.45) is 0 Å². The van der Waals surface area contributed by atoms with Crippen LogP contribution in [0.3, 0.4) is 0 Å². The molecule has 27 heavy (non-hydrogen) atoms. The van der Waals surface area contributed by atoms with E-state index in [-0.39, 0.29) is 0 Å². The summed E-state index contributed by atoms with van der Waals surface area (Å²) in [6.07, 6.45) is 4.81. The summed E-state index contributed by atoms with van der Waals surface area (Å²) < 4.78 is 1.79. The van der Waals surface area contributed by atoms with Crippen molar-refractivity contribution in [3.63, 3.8) is 0 Å². The highest BCUT2D eigenvalue weighted by Gasteiger charge is 2.05. The summed E-state index contributed by atoms with van der Waals surface area (Å²) in [6, 6.07) is 15.9. The number of anilines is 1. The zero-order valence-electron chi connectivity index (χ0n) is 15.2. The lowest BCUT2D eigenvalue weighted by molar-refractivity contribution is -0.124. The second-order valence-electron chi connectivity index (χ2n) is 6.29. The topological polar surface area (TPSA) is 83.3 Å². The Labute approximate surface area is 157 Å². The summed E-state index contributed by atoms with van der Waals surface area (Å²) in [5.41, 5.74) is 6.48. The largest absolute Gasteiger partial charge is 0.378 e. The van der Waals surface area contributed by atoms with Crippen LogP contribution in [0.15, 0.2) is 60.8 Å². The molecule has 0 bridgehead atoms. The highest BCUT2D eigenvalue weighted by molar-refractivity contribution is 5.90. The smallest absolute Gasteiger partial charge is 0.267 e. The normalized spacial score (nSPS) is 10.9. The Kier molecular flexibility index (Phi) is 5.63. The van der Waals surface area contributed by atoms with Gasteiger partial charge in [0.05, 0.1) is 12.7 Å². The minimum atomic E-state index is -0.562. The fraction of sp³-hybridized carbons (Fsp3) is 0.150. The molecule has 7 heteroatoms. The fourth-order valence-electron chi connectivity index (χ4n) is 2.57. The van der Waals surface area contributed by atoms with E-state index in [1.54, 1.807) is 16.2 Å². The van der Waals surface area contributed by atoms with Gasteiger partial charge in [-0.05, 0) is 29.3 Å². The average molecular weight is 363 g/mol. The van der Waals surface area contributed by atoms with Crippen LogP contribution in [-0.2, 0) is 11.3 Å². The first kappa shape index (κ1) is 18.3. The number of rotatable bonds is 6. The molecular weight excluding hydrogens is 342 g/mol. The van der Waals surface area contributed by atoms with Crippen molar-refractivity contribution in [2.75, 3.05) is 19.0 Å². The maximum Gasteiger partial charge on any atom is 0.267 e. The van der Waals surface area contributed by atoms with E-state index in [1.807, 2.05) is 56.7 Å². The number of amides is 1. The van der Waals surface area contributed by atoms with Gasteiger partial charge in [0.1, 0.15) is 5.69 Å². The van der Waals surface area contributed by atoms with Gasteiger partial charge in [-0.2, -0.15) is 0 Å². The molecule has 0 aliphatic rings. The Morgan fingerprint density at radius 1 is 1.15 bits per heavy atom. The van der Waals surface area contributed by atoms with E-state index in [1.165, 1.54) is 6.08 Å². The van der Waals surface area contributed by atoms with Gasteiger partial charge in [-0.25, -0.2) is 10.2 Å². The molecule has 0 atom stereocenters. The third-order valence-corrected chi connectivity index (χ3v) is 4.08. The van der Waals surface area contributed by atoms with Gasteiger partial charge in [-0.15, -0.1) is 5.10 Å². The Hall–Kier alpha value is -3.45. The van der Waals surface area contributed by atoms with Crippen LogP contribution in [0.4, 0.5) is 5.69 Å². The van der Waals surface area contributed by atoms with Gasteiger partial charge >= 0.3 is 0 Å². The molecule has 7 nitrogen and oxygen atoms in total. The Morgan fingerprint density at radius 3 is 2.48 bits per heavy atom. The molecule has 1 aromatic heterocycles. The zero-order valence-corrected chi connectivity index (χ0v) is 15.2. The monoisotopic (exact) mass is 363 g/mol. The van der Waals surface area contributed by atoms with Gasteiger partial charge in [-0.1, -0.05) is 41.6 Å². The van der Waals surface area contributed by atoms with Gasteiger partial charge in [0, 0.05) is 31.4 Å². The number of carbonyl (C=O) groups is 1. The van der Waals surface area contributed by atoms with E-state index in [0.717, 1.165) is 28.1 Å². The van der Waals surface area contributed by atoms with Crippen LogP contribution in [0.5, 0.6) is 0 Å². The molecule has 2 aromatic carbocycles. The molecule has 0 aliphatic carbocycles. The molecule has 0 aliphatic heterocycles. The Balaban J connectivity index is 1.67. The zero-order chi connectivity index (χ0) is 19.2. The number of carbonyl (C=O) groups excluding carboxylic acids is 1. The lowest BCUT2D eigenvalue weighted by Gasteiger charge is -2.11. The highest BCUT2D eigenvalue weighted by atomic mass is 16.5. The van der Waals surface area contributed by atoms with Crippen LogP contribution in [0.2, 0.25) is 0 Å². The quantitative estimate of drug-likeness (QED) is 0.400. The molecule has 1 amide bonds. The van der Waals surface area contributed by atoms with Gasteiger partial charge in [0.2, 0.25) is 0 Å². The van der Waals surface area contributed by atoms with E-state index in [4.69, 9.17) is 5.21 Å². The predicted octanol–water partition coefficient (Wildman–Crippen LogP) is 2.58. The van der Waals surface area contributed by atoms with Gasteiger partial charge in [-0.3, -0.25) is 10.0 Å². The fourth-order valence-corrected chi connectivity index (χ4v) is 2.57. The van der Waals surface area contributed by atoms with E-state index in [0.29, 0.717) is 6.54 Å². The summed E-state index contributed by atoms with van der Waals surface area (Å²) >= 11 is 0. The van der Waals surface area contributed by atoms with E-state index < -0.39 is 5.91 Å². The van der Waals surface area contributed by atoms with Crippen LogP contribution in [0.25, 0.3) is 17.3 Å². The molecule has 3 aromatic rings. The standard InChI is InChI=1S/C20H21N5O2/c1-24(2)18-10-8-17(9-11-18)19-14-25(23-21-19)13-16-5-3-15(4-6-16)7-12-20(26)22-27/h3-12,14,27H,13H2,1-2H3,(H,22,26)/b12-7+. The van der Waals surface area contributed by atoms with Crippen LogP contribution < -0.4 is 10.4 Å². The molecule has 0 fully saturated rings. The molecule has 138 valence electrons. The predicted molar refractivity (Wildman–Crippen MR) is 104 cm³/mol. The van der Waals surface area contributed by atoms with Crippen molar-refractivity contribution in [3.05, 3.63) is 71.9 Å². The first-order valence-electron chi connectivity index (χ1n) is 8.44. The molecule has 0 saturated heterocycles. The third-order valence-electron chi connectivity index (χ3n) is 4.08. The summed E-state index contributed by atoms with van der Waals surface area (Å²) in [6.45, 7) is 0.601. The molecule has 3 rings (SSSR count). The molecule has 0 saturated carbocycles. The van der Waals surface area contributed by atoms with Crippen molar-refractivity contribution in [1.82, 2.24) is 20.5 Å². The molecule has 1 heterocycles. The summed E-state index contributed by atoms with van der Waals surface area (Å²) in [7, 11) is 4.02. The number of hydroxylamine groups is 1. The van der Waals surface area contributed by atoms with Crippen molar-refractivity contribution >= 4 is 17.7 Å². The van der Waals surface area contributed by atoms with E-state index >= 15 is 0 Å². The van der Waals surface area contributed by atoms with Crippen molar-refractivity contribution in [2.45, 2.75) is 6.54 Å². The van der Waals surface area contributed by atoms with Crippen molar-refractivity contribution in [1.29, 1.82) is 0 Å². The number of benzene rings is 2. The number of aromatic nitrogens is 3. The second-order valence-corrected chi connectivity index (χ2v) is 6.29. The van der Waals surface area contributed by atoms with E-state index in [2.05, 4.69) is 27.3 Å². The molecule has 0 unspecified atom stereocenters. The number of hydrogen-bond donors (Lipinski definition) is 2. The molecule has 2 N–H and O–H groups in total. The first-order valence-corrected chi connectivity index (χ1v) is 8.44. The highest BCUT2D eigenvalue weighted by Crippen LogP contribution is 2.20. The van der Waals surface area contributed by atoms with Crippen LogP contribution >= 0.6 is 0 Å². The molecule has 0 radical (unpaired) electrons. The lowest BCUT2D eigenvalue weighted by atomic mass is 10.1. The minimum absolute atomic E-state index is 0.562. The second kappa shape index (κ2) is 8.29. The van der Waals surface area contributed by atoms with Crippen molar-refractivity contribution < 1.29 is 10.0 Å². The number of hydrogen-bond acceptors (Lipinski definition) is 5. The summed E-state index contributed by atoms with van der Waals surface area (Å²) in [5.74, 6) is -0.562. The van der Waals surface area contributed by atoms with Gasteiger partial charge in [0.15, 0.2) is 0 Å². The van der Waals surface area contributed by atoms with Crippen LogP contribution in [0, 0.1) is 0 Å².